The van der Waals surface area contributed by atoms with Gasteiger partial charge in [0.2, 0.25) is 0 Å². The third kappa shape index (κ3) is 1.71. The number of hydrogen-bond acceptors (Lipinski definition) is 6. The molecule has 0 bridgehead atoms. The number of rotatable bonds is 3. The average molecular weight is 247 g/mol. The smallest absolute Gasteiger partial charge is 0.199 e. The molecule has 3 rings (SSSR count). The zero-order valence-electron chi connectivity index (χ0n) is 10.4. The molecule has 96 valence electrons. The summed E-state index contributed by atoms with van der Waals surface area (Å²) in [6.45, 7) is 0.730. The molecule has 18 heavy (non-hydrogen) atoms. The molecule has 0 radical (unpaired) electrons. The zero-order valence-corrected chi connectivity index (χ0v) is 10.4. The summed E-state index contributed by atoms with van der Waals surface area (Å²) >= 11 is 0. The normalized spacial score (nSPS) is 23.7. The molecule has 0 amide bonds. The molecular weight excluding hydrogens is 230 g/mol. The van der Waals surface area contributed by atoms with E-state index in [1.54, 1.807) is 16.9 Å². The quantitative estimate of drug-likeness (QED) is 0.827. The second-order valence-electron chi connectivity index (χ2n) is 4.82. The average Bonchev–Trinajstić information content (AvgIpc) is 3.05. The lowest BCUT2D eigenvalue weighted by atomic mass is 10.0. The second-order valence-corrected chi connectivity index (χ2v) is 4.82. The Labute approximate surface area is 105 Å². The van der Waals surface area contributed by atoms with Gasteiger partial charge in [-0.25, -0.2) is 0 Å². The van der Waals surface area contributed by atoms with Crippen molar-refractivity contribution in [1.82, 2.24) is 25.0 Å². The molecule has 0 aliphatic heterocycles. The highest BCUT2D eigenvalue weighted by atomic mass is 15.5. The highest BCUT2D eigenvalue weighted by Crippen LogP contribution is 2.31. The van der Waals surface area contributed by atoms with Crippen LogP contribution in [0.1, 0.15) is 19.3 Å². The summed E-state index contributed by atoms with van der Waals surface area (Å²) in [5, 5.41) is 11.6. The van der Waals surface area contributed by atoms with Gasteiger partial charge < -0.3 is 10.6 Å². The highest BCUT2D eigenvalue weighted by molar-refractivity contribution is 5.46. The predicted octanol–water partition coefficient (Wildman–Crippen LogP) is 0.0829. The number of hydrogen-bond donors (Lipinski definition) is 1. The molecule has 7 heteroatoms. The molecule has 2 aromatic rings. The van der Waals surface area contributed by atoms with Gasteiger partial charge in [0.05, 0.1) is 12.4 Å². The van der Waals surface area contributed by atoms with E-state index in [0.717, 1.165) is 18.8 Å². The van der Waals surface area contributed by atoms with Crippen LogP contribution in [-0.4, -0.2) is 44.7 Å². The number of nitrogens with two attached hydrogens (primary N) is 1. The van der Waals surface area contributed by atoms with E-state index in [-0.39, 0.29) is 0 Å². The van der Waals surface area contributed by atoms with Crippen LogP contribution in [-0.2, 0) is 0 Å². The summed E-state index contributed by atoms with van der Waals surface area (Å²) in [7, 11) is 2.07. The van der Waals surface area contributed by atoms with Crippen LogP contribution in [0.2, 0.25) is 0 Å². The Morgan fingerprint density at radius 1 is 1.44 bits per heavy atom. The molecule has 1 fully saturated rings. The van der Waals surface area contributed by atoms with Crippen molar-refractivity contribution in [3.8, 4) is 0 Å². The molecule has 0 spiro atoms. The lowest BCUT2D eigenvalue weighted by Crippen LogP contribution is -2.38. The van der Waals surface area contributed by atoms with Gasteiger partial charge in [0.25, 0.3) is 0 Å². The predicted molar refractivity (Wildman–Crippen MR) is 67.2 cm³/mol. The van der Waals surface area contributed by atoms with Crippen LogP contribution < -0.4 is 10.6 Å². The fourth-order valence-electron chi connectivity index (χ4n) is 2.88. The van der Waals surface area contributed by atoms with Crippen molar-refractivity contribution in [2.75, 3.05) is 18.5 Å². The maximum Gasteiger partial charge on any atom is 0.199 e. The SMILES string of the molecule is CN(c1cncc2nnnn12)C1CCCC1CN. The molecule has 2 aromatic heterocycles. The molecular formula is C11H17N7. The minimum atomic E-state index is 0.451. The first kappa shape index (κ1) is 11.3. The van der Waals surface area contributed by atoms with Crippen molar-refractivity contribution in [1.29, 1.82) is 0 Å². The second kappa shape index (κ2) is 4.49. The maximum atomic E-state index is 5.84. The zero-order chi connectivity index (χ0) is 12.5. The Morgan fingerprint density at radius 3 is 3.17 bits per heavy atom. The van der Waals surface area contributed by atoms with E-state index in [4.69, 9.17) is 5.73 Å². The summed E-state index contributed by atoms with van der Waals surface area (Å²) in [6.07, 6.45) is 7.05. The van der Waals surface area contributed by atoms with Gasteiger partial charge in [-0.2, -0.15) is 4.52 Å². The van der Waals surface area contributed by atoms with E-state index in [2.05, 4.69) is 32.5 Å². The molecule has 1 saturated carbocycles. The molecule has 0 aromatic carbocycles. The van der Waals surface area contributed by atoms with Gasteiger partial charge in [-0.05, 0) is 35.7 Å². The molecule has 2 N–H and O–H groups in total. The highest BCUT2D eigenvalue weighted by Gasteiger charge is 2.30. The molecule has 1 aliphatic carbocycles. The third-order valence-corrected chi connectivity index (χ3v) is 3.87. The summed E-state index contributed by atoms with van der Waals surface area (Å²) in [5.41, 5.74) is 6.51. The van der Waals surface area contributed by atoms with Gasteiger partial charge in [-0.15, -0.1) is 5.10 Å². The number of nitrogens with zero attached hydrogens (tertiary/aromatic N) is 6. The molecule has 2 atom stereocenters. The lowest BCUT2D eigenvalue weighted by Gasteiger charge is -2.30. The monoisotopic (exact) mass is 247 g/mol. The van der Waals surface area contributed by atoms with Crippen molar-refractivity contribution in [3.63, 3.8) is 0 Å². The lowest BCUT2D eigenvalue weighted by molar-refractivity contribution is 0.469. The van der Waals surface area contributed by atoms with Crippen LogP contribution in [0.4, 0.5) is 5.82 Å². The van der Waals surface area contributed by atoms with Crippen molar-refractivity contribution >= 4 is 11.5 Å². The molecule has 0 saturated heterocycles. The van der Waals surface area contributed by atoms with E-state index >= 15 is 0 Å². The van der Waals surface area contributed by atoms with Crippen LogP contribution in [0.5, 0.6) is 0 Å². The Hall–Kier alpha value is -1.76. The Bertz CT molecular complexity index is 537. The van der Waals surface area contributed by atoms with E-state index in [9.17, 15) is 0 Å². The van der Waals surface area contributed by atoms with Gasteiger partial charge in [0.15, 0.2) is 11.5 Å². The van der Waals surface area contributed by atoms with Crippen LogP contribution >= 0.6 is 0 Å². The molecule has 2 unspecified atom stereocenters. The van der Waals surface area contributed by atoms with Crippen molar-refractivity contribution < 1.29 is 0 Å². The van der Waals surface area contributed by atoms with Crippen LogP contribution in [0.15, 0.2) is 12.4 Å². The summed E-state index contributed by atoms with van der Waals surface area (Å²) in [4.78, 5) is 6.40. The van der Waals surface area contributed by atoms with Crippen LogP contribution in [0, 0.1) is 5.92 Å². The van der Waals surface area contributed by atoms with Gasteiger partial charge in [-0.3, -0.25) is 4.98 Å². The molecule has 2 heterocycles. The molecule has 7 nitrogen and oxygen atoms in total. The fourth-order valence-corrected chi connectivity index (χ4v) is 2.88. The Balaban J connectivity index is 1.96. The van der Waals surface area contributed by atoms with Crippen molar-refractivity contribution in [2.45, 2.75) is 25.3 Å². The summed E-state index contributed by atoms with van der Waals surface area (Å²) in [6, 6.07) is 0.451. The van der Waals surface area contributed by atoms with E-state index in [1.807, 2.05) is 0 Å². The van der Waals surface area contributed by atoms with Gasteiger partial charge >= 0.3 is 0 Å². The van der Waals surface area contributed by atoms with Crippen molar-refractivity contribution in [2.24, 2.45) is 11.7 Å². The maximum absolute atomic E-state index is 5.84. The van der Waals surface area contributed by atoms with Gasteiger partial charge in [-0.1, -0.05) is 6.42 Å². The Kier molecular flexibility index (Phi) is 2.83. The van der Waals surface area contributed by atoms with Crippen molar-refractivity contribution in [3.05, 3.63) is 12.4 Å². The minimum Gasteiger partial charge on any atom is -0.355 e. The number of anilines is 1. The third-order valence-electron chi connectivity index (χ3n) is 3.87. The first-order chi connectivity index (χ1) is 8.81. The van der Waals surface area contributed by atoms with E-state index in [0.29, 0.717) is 17.6 Å². The number of aromatic nitrogens is 5. The first-order valence-corrected chi connectivity index (χ1v) is 6.26. The molecule has 1 aliphatic rings. The minimum absolute atomic E-state index is 0.451. The largest absolute Gasteiger partial charge is 0.355 e. The van der Waals surface area contributed by atoms with E-state index in [1.165, 1.54) is 12.8 Å². The Morgan fingerprint density at radius 2 is 2.33 bits per heavy atom. The summed E-state index contributed by atoms with van der Waals surface area (Å²) < 4.78 is 1.72. The summed E-state index contributed by atoms with van der Waals surface area (Å²) in [5.74, 6) is 1.46. The van der Waals surface area contributed by atoms with Gasteiger partial charge in [0, 0.05) is 13.1 Å². The fraction of sp³-hybridized carbons (Fsp3) is 0.636. The topological polar surface area (TPSA) is 85.2 Å². The number of tetrazole rings is 1. The van der Waals surface area contributed by atoms with Gasteiger partial charge in [0.1, 0.15) is 0 Å². The first-order valence-electron chi connectivity index (χ1n) is 6.26. The van der Waals surface area contributed by atoms with Crippen LogP contribution in [0.3, 0.4) is 0 Å². The van der Waals surface area contributed by atoms with E-state index < -0.39 is 0 Å². The standard InChI is InChI=1S/C11H17N7/c1-17(9-4-2-3-8(9)5-12)11-7-13-6-10-14-15-16-18(10)11/h6-9H,2-5,12H2,1H3. The van der Waals surface area contributed by atoms with Crippen LogP contribution in [0.25, 0.3) is 5.65 Å². The number of fused-ring (bicyclic) bond motifs is 1.